The molecule has 1 aliphatic heterocycles. The molecule has 1 unspecified atom stereocenters. The second kappa shape index (κ2) is 9.18. The van der Waals surface area contributed by atoms with Crippen molar-refractivity contribution in [2.24, 2.45) is 5.73 Å². The van der Waals surface area contributed by atoms with Crippen molar-refractivity contribution in [2.45, 2.75) is 32.0 Å². The van der Waals surface area contributed by atoms with Crippen LogP contribution in [0.15, 0.2) is 23.9 Å². The summed E-state index contributed by atoms with van der Waals surface area (Å²) >= 11 is 0. The van der Waals surface area contributed by atoms with Gasteiger partial charge in [-0.15, -0.1) is 0 Å². The summed E-state index contributed by atoms with van der Waals surface area (Å²) < 4.78 is 5.33. The highest BCUT2D eigenvalue weighted by molar-refractivity contribution is 5.17. The van der Waals surface area contributed by atoms with Gasteiger partial charge in [0.05, 0.1) is 13.2 Å². The lowest BCUT2D eigenvalue weighted by atomic mass is 10.2. The van der Waals surface area contributed by atoms with Gasteiger partial charge in [0, 0.05) is 13.0 Å². The van der Waals surface area contributed by atoms with Crippen LogP contribution in [0.4, 0.5) is 0 Å². The van der Waals surface area contributed by atoms with Crippen molar-refractivity contribution < 1.29 is 19.6 Å². The third kappa shape index (κ3) is 6.43. The van der Waals surface area contributed by atoms with E-state index in [0.29, 0.717) is 18.6 Å². The Morgan fingerprint density at radius 1 is 1.47 bits per heavy atom. The van der Waals surface area contributed by atoms with Crippen molar-refractivity contribution in [1.82, 2.24) is 0 Å². The molecule has 0 aliphatic carbocycles. The zero-order chi connectivity index (χ0) is 12.3. The van der Waals surface area contributed by atoms with Gasteiger partial charge in [-0.25, -0.2) is 9.78 Å². The quantitative estimate of drug-likeness (QED) is 0.304. The van der Waals surface area contributed by atoms with E-state index in [1.165, 1.54) is 6.20 Å². The molecule has 3 N–H and O–H groups in total. The monoisotopic (exact) mass is 243 g/mol. The van der Waals surface area contributed by atoms with Gasteiger partial charge in [0.2, 0.25) is 0 Å². The van der Waals surface area contributed by atoms with Gasteiger partial charge in [-0.1, -0.05) is 12.2 Å². The smallest absolute Gasteiger partial charge is 0.191 e. The molecular formula is C12H21NO4. The molecule has 5 nitrogen and oxygen atoms in total. The number of ether oxygens (including phenoxy) is 1. The van der Waals surface area contributed by atoms with Crippen LogP contribution in [0.3, 0.4) is 0 Å². The van der Waals surface area contributed by atoms with Crippen LogP contribution >= 0.6 is 0 Å². The van der Waals surface area contributed by atoms with Crippen molar-refractivity contribution >= 4 is 0 Å². The van der Waals surface area contributed by atoms with Gasteiger partial charge in [0.15, 0.2) is 6.29 Å². The largest absolute Gasteiger partial charge is 0.404 e. The topological polar surface area (TPSA) is 73.9 Å². The summed E-state index contributed by atoms with van der Waals surface area (Å²) in [4.78, 5) is 10.1. The zero-order valence-corrected chi connectivity index (χ0v) is 10.0. The number of rotatable bonds is 7. The fourth-order valence-electron chi connectivity index (χ4n) is 1.42. The first-order chi connectivity index (χ1) is 8.36. The summed E-state index contributed by atoms with van der Waals surface area (Å²) in [5.74, 6) is 0. The molecule has 0 bridgehead atoms. The van der Waals surface area contributed by atoms with Crippen molar-refractivity contribution in [1.29, 1.82) is 0 Å². The molecule has 0 aromatic heterocycles. The fraction of sp³-hybridized carbons (Fsp3) is 0.667. The van der Waals surface area contributed by atoms with E-state index in [1.54, 1.807) is 6.08 Å². The van der Waals surface area contributed by atoms with Gasteiger partial charge >= 0.3 is 0 Å². The molecular weight excluding hydrogens is 222 g/mol. The number of nitrogens with two attached hydrogens (primary N) is 1. The third-order valence-corrected chi connectivity index (χ3v) is 2.41. The van der Waals surface area contributed by atoms with Crippen molar-refractivity contribution in [3.05, 3.63) is 23.9 Å². The molecule has 98 valence electrons. The summed E-state index contributed by atoms with van der Waals surface area (Å²) in [6, 6.07) is 0. The second-order valence-corrected chi connectivity index (χ2v) is 3.81. The maximum atomic E-state index is 8.83. The standard InChI is InChI=1S/C12H21NO4/c13-9-11(10-14)5-1-4-8-16-17-12-6-2-3-7-15-12/h1,5,9,12,14H,2-4,6-8,10,13H2/b5-1-,11-9+. The van der Waals surface area contributed by atoms with E-state index in [4.69, 9.17) is 25.4 Å². The summed E-state index contributed by atoms with van der Waals surface area (Å²) in [5, 5.41) is 8.83. The molecule has 0 saturated carbocycles. The Balaban J connectivity index is 2.00. The molecule has 1 fully saturated rings. The molecule has 1 rings (SSSR count). The lowest BCUT2D eigenvalue weighted by Crippen LogP contribution is -2.22. The second-order valence-electron chi connectivity index (χ2n) is 3.81. The van der Waals surface area contributed by atoms with Crippen LogP contribution in [0.25, 0.3) is 0 Å². The lowest BCUT2D eigenvalue weighted by Gasteiger charge is -2.21. The van der Waals surface area contributed by atoms with Crippen LogP contribution < -0.4 is 5.73 Å². The minimum Gasteiger partial charge on any atom is -0.404 e. The predicted molar refractivity (Wildman–Crippen MR) is 63.7 cm³/mol. The first-order valence-electron chi connectivity index (χ1n) is 5.95. The van der Waals surface area contributed by atoms with Crippen molar-refractivity contribution in [3.8, 4) is 0 Å². The maximum absolute atomic E-state index is 8.83. The SMILES string of the molecule is N/C=C(\C=C/CCOOC1CCCCO1)CO. The molecule has 0 amide bonds. The fourth-order valence-corrected chi connectivity index (χ4v) is 1.42. The number of hydrogen-bond acceptors (Lipinski definition) is 5. The first-order valence-corrected chi connectivity index (χ1v) is 5.95. The molecule has 5 heteroatoms. The molecule has 0 aromatic carbocycles. The minimum absolute atomic E-state index is 0.0553. The Kier molecular flexibility index (Phi) is 7.66. The van der Waals surface area contributed by atoms with Crippen LogP contribution in [0.1, 0.15) is 25.7 Å². The Morgan fingerprint density at radius 2 is 2.35 bits per heavy atom. The molecule has 0 aromatic rings. The van der Waals surface area contributed by atoms with E-state index in [9.17, 15) is 0 Å². The first kappa shape index (κ1) is 14.2. The van der Waals surface area contributed by atoms with Gasteiger partial charge < -0.3 is 15.6 Å². The average Bonchev–Trinajstić information content (AvgIpc) is 2.39. The summed E-state index contributed by atoms with van der Waals surface area (Å²) in [6.45, 7) is 1.15. The van der Waals surface area contributed by atoms with E-state index in [0.717, 1.165) is 25.9 Å². The number of hydrogen-bond donors (Lipinski definition) is 2. The van der Waals surface area contributed by atoms with Gasteiger partial charge in [-0.3, -0.25) is 0 Å². The van der Waals surface area contributed by atoms with Crippen molar-refractivity contribution in [2.75, 3.05) is 19.8 Å². The molecule has 1 saturated heterocycles. The molecule has 0 spiro atoms. The molecule has 0 radical (unpaired) electrons. The highest BCUT2D eigenvalue weighted by atomic mass is 17.2. The van der Waals surface area contributed by atoms with Crippen molar-refractivity contribution in [3.63, 3.8) is 0 Å². The third-order valence-electron chi connectivity index (χ3n) is 2.41. The number of aliphatic hydroxyl groups excluding tert-OH is 1. The minimum atomic E-state index is -0.218. The predicted octanol–water partition coefficient (Wildman–Crippen LogP) is 1.24. The molecule has 17 heavy (non-hydrogen) atoms. The Morgan fingerprint density at radius 3 is 3.00 bits per heavy atom. The Hall–Kier alpha value is -0.880. The van der Waals surface area contributed by atoms with Gasteiger partial charge in [0.1, 0.15) is 0 Å². The summed E-state index contributed by atoms with van der Waals surface area (Å²) in [6.07, 6.45) is 8.60. The Bertz CT molecular complexity index is 247. The maximum Gasteiger partial charge on any atom is 0.191 e. The zero-order valence-electron chi connectivity index (χ0n) is 10.0. The van der Waals surface area contributed by atoms with E-state index in [2.05, 4.69) is 0 Å². The van der Waals surface area contributed by atoms with Crippen LogP contribution in [0.2, 0.25) is 0 Å². The molecule has 1 atom stereocenters. The average molecular weight is 243 g/mol. The Labute approximate surface area is 102 Å². The van der Waals surface area contributed by atoms with Crippen LogP contribution in [0.5, 0.6) is 0 Å². The van der Waals surface area contributed by atoms with Gasteiger partial charge in [0.25, 0.3) is 0 Å². The normalized spacial score (nSPS) is 22.2. The number of aliphatic hydroxyl groups is 1. The van der Waals surface area contributed by atoms with E-state index < -0.39 is 0 Å². The molecule has 1 heterocycles. The van der Waals surface area contributed by atoms with E-state index in [-0.39, 0.29) is 12.9 Å². The highest BCUT2D eigenvalue weighted by Crippen LogP contribution is 2.13. The van der Waals surface area contributed by atoms with Gasteiger partial charge in [-0.2, -0.15) is 0 Å². The van der Waals surface area contributed by atoms with E-state index >= 15 is 0 Å². The summed E-state index contributed by atoms with van der Waals surface area (Å²) in [5.41, 5.74) is 5.96. The van der Waals surface area contributed by atoms with E-state index in [1.807, 2.05) is 6.08 Å². The highest BCUT2D eigenvalue weighted by Gasteiger charge is 2.14. The molecule has 1 aliphatic rings. The van der Waals surface area contributed by atoms with Crippen LogP contribution in [-0.4, -0.2) is 31.2 Å². The van der Waals surface area contributed by atoms with Crippen LogP contribution in [0, 0.1) is 0 Å². The lowest BCUT2D eigenvalue weighted by molar-refractivity contribution is -0.383. The van der Waals surface area contributed by atoms with Gasteiger partial charge in [-0.05, 0) is 31.0 Å². The summed E-state index contributed by atoms with van der Waals surface area (Å²) in [7, 11) is 0. The van der Waals surface area contributed by atoms with Crippen LogP contribution in [-0.2, 0) is 14.5 Å².